The monoisotopic (exact) mass is 562 g/mol. The highest BCUT2D eigenvalue weighted by molar-refractivity contribution is 6.29. The van der Waals surface area contributed by atoms with E-state index in [2.05, 4.69) is 9.97 Å². The molecule has 1 aromatic carbocycles. The lowest BCUT2D eigenvalue weighted by atomic mass is 9.99. The fraction of sp³-hybridized carbons (Fsp3) is 0.444. The van der Waals surface area contributed by atoms with E-state index in [4.69, 9.17) is 21.1 Å². The SMILES string of the molecule is CC(C)COC(=O)CN(C(=O)OC(C)(C)C)c1cccc(C(C)C)c1-n1c(=O)[nH]c(=O)c2cc(F)c(Cl)nc21. The lowest BCUT2D eigenvalue weighted by Gasteiger charge is -2.30. The second kappa shape index (κ2) is 11.6. The number of fused-ring (bicyclic) bond motifs is 1. The molecule has 0 radical (unpaired) electrons. The Kier molecular flexibility index (Phi) is 8.84. The highest BCUT2D eigenvalue weighted by atomic mass is 35.5. The molecule has 0 aliphatic heterocycles. The van der Waals surface area contributed by atoms with E-state index in [1.54, 1.807) is 32.9 Å². The number of ether oxygens (including phenoxy) is 2. The first-order valence-corrected chi connectivity index (χ1v) is 12.8. The highest BCUT2D eigenvalue weighted by Gasteiger charge is 2.31. The number of esters is 1. The van der Waals surface area contributed by atoms with E-state index < -0.39 is 46.4 Å². The average molecular weight is 563 g/mol. The third-order valence-electron chi connectivity index (χ3n) is 5.45. The number of pyridine rings is 1. The molecule has 0 atom stereocenters. The second-order valence-corrected chi connectivity index (χ2v) is 11.1. The fourth-order valence-electron chi connectivity index (χ4n) is 3.79. The first-order valence-electron chi connectivity index (χ1n) is 12.4. The molecule has 0 unspecified atom stereocenters. The molecule has 1 amide bonds. The Morgan fingerprint density at radius 1 is 1.18 bits per heavy atom. The van der Waals surface area contributed by atoms with Gasteiger partial charge in [-0.15, -0.1) is 0 Å². The van der Waals surface area contributed by atoms with Crippen molar-refractivity contribution in [2.75, 3.05) is 18.1 Å². The molecule has 1 N–H and O–H groups in total. The zero-order valence-electron chi connectivity index (χ0n) is 22.9. The molecule has 0 fully saturated rings. The number of hydrogen-bond acceptors (Lipinski definition) is 7. The third kappa shape index (κ3) is 6.83. The summed E-state index contributed by atoms with van der Waals surface area (Å²) in [5, 5.41) is -0.785. The van der Waals surface area contributed by atoms with Crippen molar-refractivity contribution in [2.45, 2.75) is 60.0 Å². The Hall–Kier alpha value is -3.73. The van der Waals surface area contributed by atoms with Crippen molar-refractivity contribution < 1.29 is 23.5 Å². The van der Waals surface area contributed by atoms with E-state index in [0.29, 0.717) is 5.56 Å². The lowest BCUT2D eigenvalue weighted by Crippen LogP contribution is -2.42. The Morgan fingerprint density at radius 2 is 1.85 bits per heavy atom. The molecule has 0 aliphatic rings. The molecule has 0 spiro atoms. The second-order valence-electron chi connectivity index (χ2n) is 10.7. The number of carbonyl (C=O) groups excluding carboxylic acids is 2. The van der Waals surface area contributed by atoms with E-state index in [1.807, 2.05) is 27.7 Å². The van der Waals surface area contributed by atoms with Crippen LogP contribution in [0.3, 0.4) is 0 Å². The molecular weight excluding hydrogens is 531 g/mol. The first-order chi connectivity index (χ1) is 18.1. The van der Waals surface area contributed by atoms with Gasteiger partial charge in [0.25, 0.3) is 5.56 Å². The molecule has 2 aromatic heterocycles. The summed E-state index contributed by atoms with van der Waals surface area (Å²) >= 11 is 5.95. The van der Waals surface area contributed by atoms with E-state index in [9.17, 15) is 23.6 Å². The van der Waals surface area contributed by atoms with E-state index >= 15 is 0 Å². The number of benzene rings is 1. The minimum atomic E-state index is -0.944. The van der Waals surface area contributed by atoms with Crippen molar-refractivity contribution in [1.29, 1.82) is 0 Å². The number of H-pyrrole nitrogens is 1. The number of para-hydroxylation sites is 1. The Labute approximate surface area is 229 Å². The van der Waals surface area contributed by atoms with Gasteiger partial charge in [-0.25, -0.2) is 23.5 Å². The van der Waals surface area contributed by atoms with Crippen LogP contribution < -0.4 is 16.1 Å². The first kappa shape index (κ1) is 29.8. The summed E-state index contributed by atoms with van der Waals surface area (Å²) < 4.78 is 26.2. The molecule has 2 heterocycles. The van der Waals surface area contributed by atoms with Crippen LogP contribution in [0, 0.1) is 11.7 Å². The van der Waals surface area contributed by atoms with Crippen LogP contribution in [0.25, 0.3) is 16.7 Å². The van der Waals surface area contributed by atoms with Gasteiger partial charge in [-0.3, -0.25) is 19.5 Å². The molecule has 3 rings (SSSR count). The molecule has 0 saturated carbocycles. The van der Waals surface area contributed by atoms with E-state index in [0.717, 1.165) is 15.5 Å². The number of halogens is 2. The molecule has 3 aromatic rings. The maximum atomic E-state index is 14.3. The molecule has 0 aliphatic carbocycles. The largest absolute Gasteiger partial charge is 0.464 e. The van der Waals surface area contributed by atoms with Crippen molar-refractivity contribution in [1.82, 2.24) is 14.5 Å². The van der Waals surface area contributed by atoms with Crippen LogP contribution >= 0.6 is 11.6 Å². The van der Waals surface area contributed by atoms with Gasteiger partial charge in [-0.2, -0.15) is 0 Å². The summed E-state index contributed by atoms with van der Waals surface area (Å²) in [5.74, 6) is -1.79. The van der Waals surface area contributed by atoms with E-state index in [1.165, 1.54) is 6.07 Å². The van der Waals surface area contributed by atoms with Crippen LogP contribution in [0.5, 0.6) is 0 Å². The summed E-state index contributed by atoms with van der Waals surface area (Å²) in [7, 11) is 0. The van der Waals surface area contributed by atoms with Crippen LogP contribution in [0.4, 0.5) is 14.9 Å². The van der Waals surface area contributed by atoms with Gasteiger partial charge < -0.3 is 9.47 Å². The van der Waals surface area contributed by atoms with Gasteiger partial charge in [0, 0.05) is 0 Å². The number of nitrogens with one attached hydrogen (secondary N) is 1. The molecule has 39 heavy (non-hydrogen) atoms. The summed E-state index contributed by atoms with van der Waals surface area (Å²) in [6.45, 7) is 12.1. The van der Waals surface area contributed by atoms with Crippen molar-refractivity contribution in [3.05, 3.63) is 61.6 Å². The number of aromatic nitrogens is 3. The zero-order chi connectivity index (χ0) is 29.2. The lowest BCUT2D eigenvalue weighted by molar-refractivity contribution is -0.143. The van der Waals surface area contributed by atoms with Crippen LogP contribution in [-0.2, 0) is 14.3 Å². The smallest absolute Gasteiger partial charge is 0.415 e. The zero-order valence-corrected chi connectivity index (χ0v) is 23.7. The van der Waals surface area contributed by atoms with Gasteiger partial charge in [0.2, 0.25) is 0 Å². The topological polar surface area (TPSA) is 124 Å². The molecule has 12 heteroatoms. The van der Waals surface area contributed by atoms with Gasteiger partial charge in [0.15, 0.2) is 16.6 Å². The Balaban J connectivity index is 2.38. The van der Waals surface area contributed by atoms with Crippen LogP contribution in [0.1, 0.15) is 59.9 Å². The quantitative estimate of drug-likeness (QED) is 0.320. The highest BCUT2D eigenvalue weighted by Crippen LogP contribution is 2.34. The van der Waals surface area contributed by atoms with Crippen molar-refractivity contribution >= 4 is 40.4 Å². The van der Waals surface area contributed by atoms with Crippen molar-refractivity contribution in [3.63, 3.8) is 0 Å². The number of amides is 1. The van der Waals surface area contributed by atoms with Gasteiger partial charge in [-0.05, 0) is 50.3 Å². The maximum absolute atomic E-state index is 14.3. The molecule has 10 nitrogen and oxygen atoms in total. The average Bonchev–Trinajstić information content (AvgIpc) is 2.81. The third-order valence-corrected chi connectivity index (χ3v) is 5.72. The van der Waals surface area contributed by atoms with Crippen molar-refractivity contribution in [2.24, 2.45) is 5.92 Å². The molecular formula is C27H32ClFN4O6. The van der Waals surface area contributed by atoms with Gasteiger partial charge in [-0.1, -0.05) is 51.4 Å². The number of aromatic amines is 1. The summed E-state index contributed by atoms with van der Waals surface area (Å²) in [6, 6.07) is 5.79. The molecule has 0 bridgehead atoms. The molecule has 210 valence electrons. The Morgan fingerprint density at radius 3 is 2.44 bits per heavy atom. The predicted molar refractivity (Wildman–Crippen MR) is 146 cm³/mol. The van der Waals surface area contributed by atoms with Gasteiger partial charge in [0.05, 0.1) is 23.4 Å². The summed E-state index contributed by atoms with van der Waals surface area (Å²) in [4.78, 5) is 59.4. The number of hydrogen-bond donors (Lipinski definition) is 1. The minimum absolute atomic E-state index is 0.0612. The van der Waals surface area contributed by atoms with Crippen molar-refractivity contribution in [3.8, 4) is 5.69 Å². The summed E-state index contributed by atoms with van der Waals surface area (Å²) in [6.07, 6.45) is -0.870. The van der Waals surface area contributed by atoms with Gasteiger partial charge in [0.1, 0.15) is 12.1 Å². The van der Waals surface area contributed by atoms with Crippen LogP contribution in [0.2, 0.25) is 5.15 Å². The van der Waals surface area contributed by atoms with E-state index in [-0.39, 0.29) is 40.9 Å². The standard InChI is InChI=1S/C27H32ClFN4O6/c1-14(2)13-38-20(34)12-32(26(37)39-27(5,6)7)19-10-8-9-16(15(3)4)21(19)33-23-17(24(35)31-25(33)36)11-18(29)22(28)30-23/h8-11,14-15H,12-13H2,1-7H3,(H,31,35,36). The number of carbonyl (C=O) groups is 2. The fourth-order valence-corrected chi connectivity index (χ4v) is 3.93. The maximum Gasteiger partial charge on any atom is 0.415 e. The predicted octanol–water partition coefficient (Wildman–Crippen LogP) is 4.93. The number of nitrogens with zero attached hydrogens (tertiary/aromatic N) is 3. The minimum Gasteiger partial charge on any atom is -0.464 e. The van der Waals surface area contributed by atoms with Gasteiger partial charge >= 0.3 is 17.8 Å². The summed E-state index contributed by atoms with van der Waals surface area (Å²) in [5.41, 5.74) is -2.10. The Bertz CT molecular complexity index is 1520. The van der Waals surface area contributed by atoms with Crippen LogP contribution in [-0.4, -0.2) is 45.4 Å². The van der Waals surface area contributed by atoms with Crippen LogP contribution in [0.15, 0.2) is 33.9 Å². The number of anilines is 1. The number of rotatable bonds is 7. The molecule has 0 saturated heterocycles. The normalized spacial score (nSPS) is 11.8.